The number of aromatic hydroxyl groups is 3. The van der Waals surface area contributed by atoms with Gasteiger partial charge in [0.2, 0.25) is 0 Å². The molecule has 13 atom stereocenters. The Morgan fingerprint density at radius 2 is 1.61 bits per heavy atom. The summed E-state index contributed by atoms with van der Waals surface area (Å²) in [6.45, 7) is 5.67. The average Bonchev–Trinajstić information content (AvgIpc) is 1.16. The number of aromatic nitrogens is 1. The van der Waals surface area contributed by atoms with Crippen molar-refractivity contribution in [3.63, 3.8) is 0 Å². The first kappa shape index (κ1) is 62.0. The molecule has 462 valence electrons. The summed E-state index contributed by atoms with van der Waals surface area (Å²) >= 11 is 0. The molecule has 1 saturated carbocycles. The number of aryl methyl sites for hydroxylation is 1. The van der Waals surface area contributed by atoms with E-state index in [-0.39, 0.29) is 90.3 Å². The van der Waals surface area contributed by atoms with Crippen molar-refractivity contribution in [1.29, 1.82) is 0 Å². The molecule has 0 saturated heterocycles. The molecule has 3 aliphatic carbocycles. The smallest absolute Gasteiger partial charge is 0.173 e. The summed E-state index contributed by atoms with van der Waals surface area (Å²) in [4.78, 5) is 33.3. The third kappa shape index (κ3) is 14.1. The molecular formula is C74H86N4O10. The highest BCUT2D eigenvalue weighted by atomic mass is 16.5. The standard InChI is InChI=1S/C74H86N4O10/c1-4-8-61-53-28-46(25-45-23-24-76-71(30-45)78-56-20-17-47-13-16-52(72(85)66(47)36-56)33-59(81)41-75-39-43(2)54-32-57(77-40-54)37-68(61)83)27-49-18-21-63(64-38-69(84)70(88-3)35-51(64)19-22-67(82)74(87)73(86)65(49)34-53)62-12-6-5-11-60(62)50-15-14-48(55(31-50)42-79)26-44-9-7-10-58(80)29-44/h5-7,9-17,20,23,29-30,32,35-36,38,40,43,46,48-50,53,55,59,61,63,65,68,74-81,83-85,87H,4,8,19,22,24-28,31,33-34,37,39,41-42H2,1-3H3. The van der Waals surface area contributed by atoms with Crippen molar-refractivity contribution in [3.05, 3.63) is 184 Å². The van der Waals surface area contributed by atoms with Gasteiger partial charge < -0.3 is 61.4 Å². The number of nitrogens with one attached hydrogen (secondary N) is 4. The Bertz CT molecular complexity index is 3650. The number of allylic oxidation sites excluding steroid dienone is 4. The zero-order chi connectivity index (χ0) is 61.6. The molecule has 0 amide bonds. The lowest BCUT2D eigenvalue weighted by Crippen LogP contribution is -2.40. The van der Waals surface area contributed by atoms with E-state index in [0.717, 1.165) is 56.8 Å². The van der Waals surface area contributed by atoms with Crippen LogP contribution in [-0.2, 0) is 35.3 Å². The average molecular weight is 1190 g/mol. The number of anilines is 1. The number of aliphatic hydroxyl groups excluding tert-OH is 4. The number of methoxy groups -OCH3 is 1. The highest BCUT2D eigenvalue weighted by Crippen LogP contribution is 2.47. The minimum Gasteiger partial charge on any atom is -0.508 e. The number of aromatic amines is 1. The number of ether oxygens (including phenoxy) is 1. The van der Waals surface area contributed by atoms with Crippen LogP contribution in [0.5, 0.6) is 23.0 Å². The number of phenols is 3. The summed E-state index contributed by atoms with van der Waals surface area (Å²) in [5.74, 6) is 4.83. The first-order valence-electron chi connectivity index (χ1n) is 31.8. The van der Waals surface area contributed by atoms with Crippen LogP contribution in [0.4, 0.5) is 5.69 Å². The maximum Gasteiger partial charge on any atom is 0.173 e. The second-order valence-corrected chi connectivity index (χ2v) is 25.8. The van der Waals surface area contributed by atoms with E-state index in [0.29, 0.717) is 93.1 Å². The molecule has 2 aliphatic heterocycles. The van der Waals surface area contributed by atoms with Crippen LogP contribution in [0, 0.1) is 53.3 Å². The van der Waals surface area contributed by atoms with Gasteiger partial charge in [-0.3, -0.25) is 9.59 Å². The third-order valence-corrected chi connectivity index (χ3v) is 19.7. The summed E-state index contributed by atoms with van der Waals surface area (Å²) in [6, 6.07) is 30.7. The lowest BCUT2D eigenvalue weighted by molar-refractivity contribution is -0.142. The van der Waals surface area contributed by atoms with Gasteiger partial charge in [-0.15, -0.1) is 0 Å². The Morgan fingerprint density at radius 1 is 0.784 bits per heavy atom. The van der Waals surface area contributed by atoms with Crippen molar-refractivity contribution < 1.29 is 50.1 Å². The molecule has 9 bridgehead atoms. The second-order valence-electron chi connectivity index (χ2n) is 25.8. The van der Waals surface area contributed by atoms with E-state index in [4.69, 9.17) is 4.74 Å². The number of β-amino-alcohol motifs (C(OH)–C–C–N with tert-alkyl or cyclic N) is 1. The topological polar surface area (TPSA) is 237 Å². The summed E-state index contributed by atoms with van der Waals surface area (Å²) in [6.07, 6.45) is 12.6. The van der Waals surface area contributed by atoms with Gasteiger partial charge in [0.25, 0.3) is 0 Å². The van der Waals surface area contributed by atoms with Crippen LogP contribution in [0.25, 0.3) is 10.8 Å². The van der Waals surface area contributed by atoms with E-state index in [1.165, 1.54) is 7.11 Å². The van der Waals surface area contributed by atoms with Crippen molar-refractivity contribution in [2.75, 3.05) is 38.7 Å². The van der Waals surface area contributed by atoms with E-state index in [9.17, 15) is 40.5 Å². The molecule has 3 heterocycles. The fourth-order valence-electron chi connectivity index (χ4n) is 15.0. The number of H-pyrrole nitrogens is 1. The van der Waals surface area contributed by atoms with Crippen LogP contribution in [0.1, 0.15) is 128 Å². The Balaban J connectivity index is 1.01. The van der Waals surface area contributed by atoms with Gasteiger partial charge in [0.15, 0.2) is 29.2 Å². The molecule has 0 radical (unpaired) electrons. The van der Waals surface area contributed by atoms with Gasteiger partial charge in [0.1, 0.15) is 17.3 Å². The number of Topliss-reactive ketones (excluding diaryl/α,β-unsaturated/α-hetero) is 2. The zero-order valence-electron chi connectivity index (χ0n) is 50.8. The number of carbonyl (C=O) groups is 2. The number of benzene rings is 5. The first-order valence-corrected chi connectivity index (χ1v) is 31.8. The van der Waals surface area contributed by atoms with Crippen LogP contribution in [0.3, 0.4) is 0 Å². The third-order valence-electron chi connectivity index (χ3n) is 19.7. The first-order chi connectivity index (χ1) is 42.6. The minimum absolute atomic E-state index is 0.0275. The Labute approximate surface area is 516 Å². The lowest BCUT2D eigenvalue weighted by Gasteiger charge is -2.33. The quantitative estimate of drug-likeness (QED) is 0.0387. The van der Waals surface area contributed by atoms with Gasteiger partial charge in [0, 0.05) is 86.2 Å². The number of dihydropyridines is 1. The molecule has 1 aromatic heterocycles. The molecule has 1 fully saturated rings. The van der Waals surface area contributed by atoms with Crippen molar-refractivity contribution in [3.8, 4) is 34.8 Å². The minimum atomic E-state index is -1.90. The predicted molar refractivity (Wildman–Crippen MR) is 343 cm³/mol. The highest BCUT2D eigenvalue weighted by molar-refractivity contribution is 6.06. The number of hydrogen-bond donors (Lipinski definition) is 11. The largest absolute Gasteiger partial charge is 0.508 e. The zero-order valence-corrected chi connectivity index (χ0v) is 50.8. The van der Waals surface area contributed by atoms with E-state index in [1.54, 1.807) is 24.3 Å². The van der Waals surface area contributed by atoms with E-state index >= 15 is 4.79 Å². The van der Waals surface area contributed by atoms with Gasteiger partial charge >= 0.3 is 0 Å². The van der Waals surface area contributed by atoms with E-state index < -0.39 is 47.6 Å². The fourth-order valence-corrected chi connectivity index (χ4v) is 15.0. The van der Waals surface area contributed by atoms with Crippen LogP contribution in [0.15, 0.2) is 139 Å². The van der Waals surface area contributed by atoms with E-state index in [2.05, 4.69) is 89.1 Å². The molecule has 5 aromatic carbocycles. The molecular weight excluding hydrogens is 1100 g/mol. The SMILES string of the molecule is CCCC1C(O)Cc2cc(c[nH]2)C(C)CNCC(O)Cc2ccc3ccc(cc3c2O)NC2=CC(=CCN2)CC2CC3C#CC(c4ccccc4C4C=CC(Cc5cccc(O)c5)C(CO)C4)c4cc(O)c(OC)cc4CCC(=O)C(O)C(=O)C3CC1C2. The Kier molecular flexibility index (Phi) is 19.6. The Morgan fingerprint density at radius 3 is 2.42 bits per heavy atom. The molecule has 0 spiro atoms. The second kappa shape index (κ2) is 27.8. The monoisotopic (exact) mass is 1190 g/mol. The lowest BCUT2D eigenvalue weighted by atomic mass is 9.72. The molecule has 5 aliphatic rings. The number of fused-ring (bicyclic) bond motifs is 9. The molecule has 14 nitrogen and oxygen atoms in total. The summed E-state index contributed by atoms with van der Waals surface area (Å²) < 4.78 is 5.66. The maximum absolute atomic E-state index is 15.4. The van der Waals surface area contributed by atoms with Gasteiger partial charge in [0.05, 0.1) is 25.2 Å². The van der Waals surface area contributed by atoms with Crippen LogP contribution in [0.2, 0.25) is 0 Å². The van der Waals surface area contributed by atoms with Crippen LogP contribution >= 0.6 is 0 Å². The summed E-state index contributed by atoms with van der Waals surface area (Å²) in [5.41, 5.74) is 8.70. The summed E-state index contributed by atoms with van der Waals surface area (Å²) in [5, 5.41) is 92.5. The van der Waals surface area contributed by atoms with Crippen molar-refractivity contribution in [2.45, 2.75) is 127 Å². The number of carbonyl (C=O) groups excluding carboxylic acids is 2. The Hall–Kier alpha value is -7.64. The number of hydrogen-bond acceptors (Lipinski definition) is 13. The van der Waals surface area contributed by atoms with Crippen molar-refractivity contribution in [2.24, 2.45) is 41.4 Å². The van der Waals surface area contributed by atoms with Gasteiger partial charge in [-0.05, 0) is 185 Å². The van der Waals surface area contributed by atoms with Crippen molar-refractivity contribution >= 4 is 28.0 Å². The van der Waals surface area contributed by atoms with Gasteiger partial charge in [-0.1, -0.05) is 105 Å². The van der Waals surface area contributed by atoms with Crippen LogP contribution < -0.4 is 20.7 Å². The predicted octanol–water partition coefficient (Wildman–Crippen LogP) is 10.5. The molecule has 88 heavy (non-hydrogen) atoms. The van der Waals surface area contributed by atoms with Gasteiger partial charge in [-0.2, -0.15) is 0 Å². The molecule has 14 heteroatoms. The fraction of sp³-hybridized carbons (Fsp3) is 0.432. The summed E-state index contributed by atoms with van der Waals surface area (Å²) in [7, 11) is 1.47. The van der Waals surface area contributed by atoms with Crippen LogP contribution in [-0.4, -0.2) is 104 Å². The molecule has 13 unspecified atom stereocenters. The number of ketones is 2. The van der Waals surface area contributed by atoms with E-state index in [1.807, 2.05) is 60.8 Å². The molecule has 11 rings (SSSR count). The van der Waals surface area contributed by atoms with Gasteiger partial charge in [-0.25, -0.2) is 0 Å². The molecule has 11 N–H and O–H groups in total. The number of rotatable bonds is 8. The normalized spacial score (nSPS) is 28.1. The number of aliphatic hydroxyl groups is 4. The highest BCUT2D eigenvalue weighted by Gasteiger charge is 2.44. The molecule has 6 aromatic rings. The maximum atomic E-state index is 15.4. The van der Waals surface area contributed by atoms with Crippen molar-refractivity contribution in [1.82, 2.24) is 15.6 Å². The number of phenolic OH excluding ortho intramolecular Hbond substituents is 3.